The second kappa shape index (κ2) is 8.12. The molecule has 1 fully saturated rings. The molecule has 7 nitrogen and oxygen atoms in total. The molecule has 1 aromatic rings. The van der Waals surface area contributed by atoms with Gasteiger partial charge in [-0.1, -0.05) is 17.7 Å². The summed E-state index contributed by atoms with van der Waals surface area (Å²) in [6.45, 7) is 2.72. The molecule has 0 aliphatic carbocycles. The lowest BCUT2D eigenvalue weighted by atomic mass is 10.1. The number of halogens is 1. The first kappa shape index (κ1) is 18.2. The Morgan fingerprint density at radius 3 is 2.92 bits per heavy atom. The minimum atomic E-state index is -0.711. The van der Waals surface area contributed by atoms with Crippen molar-refractivity contribution in [2.45, 2.75) is 19.4 Å². The van der Waals surface area contributed by atoms with E-state index in [4.69, 9.17) is 11.6 Å². The van der Waals surface area contributed by atoms with Gasteiger partial charge < -0.3 is 15.4 Å². The molecule has 2 rings (SSSR count). The van der Waals surface area contributed by atoms with Gasteiger partial charge in [0.1, 0.15) is 6.04 Å². The number of carbonyl (C=O) groups excluding carboxylic acids is 3. The lowest BCUT2D eigenvalue weighted by molar-refractivity contribution is -0.146. The van der Waals surface area contributed by atoms with Crippen molar-refractivity contribution >= 4 is 35.1 Å². The summed E-state index contributed by atoms with van der Waals surface area (Å²) in [6.07, 6.45) is -0.0915. The predicted molar refractivity (Wildman–Crippen MR) is 89.8 cm³/mol. The molecule has 2 N–H and O–H groups in total. The standard InChI is InChI=1S/C16H20ClN3O4/c1-10-11(17)4-3-5-12(10)19-14(21)9-20-7-6-18-16(23)13(20)8-15(22)24-2/h3-5,13H,6-9H2,1-2H3,(H,18,23)(H,19,21)/t13-/m1/s1. The molecule has 2 amide bonds. The molecule has 1 aromatic carbocycles. The summed E-state index contributed by atoms with van der Waals surface area (Å²) in [4.78, 5) is 37.5. The van der Waals surface area contributed by atoms with Gasteiger partial charge in [-0.15, -0.1) is 0 Å². The van der Waals surface area contributed by atoms with Crippen LogP contribution >= 0.6 is 11.6 Å². The Labute approximate surface area is 145 Å². The molecule has 0 bridgehead atoms. The Balaban J connectivity index is 2.03. The van der Waals surface area contributed by atoms with Crippen LogP contribution in [0.4, 0.5) is 5.69 Å². The fourth-order valence-electron chi connectivity index (χ4n) is 2.53. The van der Waals surface area contributed by atoms with Crippen molar-refractivity contribution < 1.29 is 19.1 Å². The fourth-order valence-corrected chi connectivity index (χ4v) is 2.71. The van der Waals surface area contributed by atoms with E-state index in [1.54, 1.807) is 23.1 Å². The van der Waals surface area contributed by atoms with Crippen LogP contribution in [0, 0.1) is 6.92 Å². The number of benzene rings is 1. The zero-order valence-corrected chi connectivity index (χ0v) is 14.4. The zero-order chi connectivity index (χ0) is 17.7. The topological polar surface area (TPSA) is 87.7 Å². The molecule has 1 saturated heterocycles. The normalized spacial score (nSPS) is 18.0. The van der Waals surface area contributed by atoms with E-state index in [1.807, 2.05) is 6.92 Å². The van der Waals surface area contributed by atoms with Crippen molar-refractivity contribution in [1.82, 2.24) is 10.2 Å². The van der Waals surface area contributed by atoms with Gasteiger partial charge in [0.2, 0.25) is 11.8 Å². The molecule has 0 radical (unpaired) electrons. The number of amides is 2. The monoisotopic (exact) mass is 353 g/mol. The predicted octanol–water partition coefficient (Wildman–Crippen LogP) is 0.950. The highest BCUT2D eigenvalue weighted by Gasteiger charge is 2.33. The number of nitrogens with one attached hydrogen (secondary N) is 2. The van der Waals surface area contributed by atoms with E-state index in [9.17, 15) is 14.4 Å². The number of carbonyl (C=O) groups is 3. The summed E-state index contributed by atoms with van der Waals surface area (Å²) in [5.74, 6) is -1.04. The lowest BCUT2D eigenvalue weighted by Crippen LogP contribution is -2.57. The van der Waals surface area contributed by atoms with Crippen LogP contribution in [0.5, 0.6) is 0 Å². The number of hydrogen-bond acceptors (Lipinski definition) is 5. The van der Waals surface area contributed by atoms with Crippen LogP contribution in [0.15, 0.2) is 18.2 Å². The fraction of sp³-hybridized carbons (Fsp3) is 0.438. The number of nitrogens with zero attached hydrogens (tertiary/aromatic N) is 1. The first-order valence-electron chi connectivity index (χ1n) is 7.56. The molecule has 0 unspecified atom stereocenters. The van der Waals surface area contributed by atoms with Crippen LogP contribution in [0.1, 0.15) is 12.0 Å². The molecule has 0 saturated carbocycles. The smallest absolute Gasteiger partial charge is 0.307 e. The van der Waals surface area contributed by atoms with Crippen molar-refractivity contribution in [3.05, 3.63) is 28.8 Å². The Morgan fingerprint density at radius 1 is 1.46 bits per heavy atom. The molecule has 8 heteroatoms. The molecule has 1 atom stereocenters. The summed E-state index contributed by atoms with van der Waals surface area (Å²) >= 11 is 6.04. The highest BCUT2D eigenvalue weighted by Crippen LogP contribution is 2.23. The van der Waals surface area contributed by atoms with E-state index in [2.05, 4.69) is 15.4 Å². The van der Waals surface area contributed by atoms with Gasteiger partial charge >= 0.3 is 5.97 Å². The molecular formula is C16H20ClN3O4. The Morgan fingerprint density at radius 2 is 2.21 bits per heavy atom. The molecular weight excluding hydrogens is 334 g/mol. The van der Waals surface area contributed by atoms with E-state index in [-0.39, 0.29) is 24.8 Å². The number of methoxy groups -OCH3 is 1. The van der Waals surface area contributed by atoms with E-state index in [0.717, 1.165) is 5.56 Å². The van der Waals surface area contributed by atoms with Gasteiger partial charge in [-0.3, -0.25) is 19.3 Å². The molecule has 130 valence electrons. The molecule has 0 aromatic heterocycles. The SMILES string of the molecule is COC(=O)C[C@@H]1C(=O)NCCN1CC(=O)Nc1cccc(Cl)c1C. The number of piperazine rings is 1. The minimum Gasteiger partial charge on any atom is -0.469 e. The highest BCUT2D eigenvalue weighted by atomic mass is 35.5. The number of esters is 1. The maximum Gasteiger partial charge on any atom is 0.307 e. The summed E-state index contributed by atoms with van der Waals surface area (Å²) in [7, 11) is 1.27. The number of ether oxygens (including phenoxy) is 1. The zero-order valence-electron chi connectivity index (χ0n) is 13.6. The maximum atomic E-state index is 12.3. The lowest BCUT2D eigenvalue weighted by Gasteiger charge is -2.33. The largest absolute Gasteiger partial charge is 0.469 e. The van der Waals surface area contributed by atoms with Crippen LogP contribution in [-0.4, -0.2) is 55.5 Å². The first-order valence-corrected chi connectivity index (χ1v) is 7.93. The van der Waals surface area contributed by atoms with Crippen LogP contribution in [0.3, 0.4) is 0 Å². The Bertz CT molecular complexity index is 650. The summed E-state index contributed by atoms with van der Waals surface area (Å²) in [6, 6.07) is 4.54. The van der Waals surface area contributed by atoms with Crippen molar-refractivity contribution in [2.24, 2.45) is 0 Å². The van der Waals surface area contributed by atoms with E-state index < -0.39 is 12.0 Å². The third kappa shape index (κ3) is 4.46. The van der Waals surface area contributed by atoms with Gasteiger partial charge in [-0.25, -0.2) is 0 Å². The second-order valence-electron chi connectivity index (χ2n) is 5.52. The summed E-state index contributed by atoms with van der Waals surface area (Å²) in [5, 5.41) is 6.05. The summed E-state index contributed by atoms with van der Waals surface area (Å²) in [5.41, 5.74) is 1.40. The van der Waals surface area contributed by atoms with Crippen molar-refractivity contribution in [1.29, 1.82) is 0 Å². The minimum absolute atomic E-state index is 0.00103. The Kier molecular flexibility index (Phi) is 6.16. The van der Waals surface area contributed by atoms with E-state index in [1.165, 1.54) is 7.11 Å². The molecule has 24 heavy (non-hydrogen) atoms. The third-order valence-electron chi connectivity index (χ3n) is 3.92. The van der Waals surface area contributed by atoms with Gasteiger partial charge in [0, 0.05) is 23.8 Å². The van der Waals surface area contributed by atoms with Gasteiger partial charge in [-0.05, 0) is 24.6 Å². The molecule has 1 heterocycles. The quantitative estimate of drug-likeness (QED) is 0.769. The van der Waals surface area contributed by atoms with Crippen molar-refractivity contribution in [3.8, 4) is 0 Å². The van der Waals surface area contributed by atoms with Crippen LogP contribution in [0.25, 0.3) is 0 Å². The second-order valence-corrected chi connectivity index (χ2v) is 5.93. The van der Waals surface area contributed by atoms with Crippen molar-refractivity contribution in [3.63, 3.8) is 0 Å². The van der Waals surface area contributed by atoms with E-state index >= 15 is 0 Å². The van der Waals surface area contributed by atoms with Crippen LogP contribution in [-0.2, 0) is 19.1 Å². The number of hydrogen-bond donors (Lipinski definition) is 2. The van der Waals surface area contributed by atoms with Gasteiger partial charge in [-0.2, -0.15) is 0 Å². The molecule has 0 spiro atoms. The average Bonchev–Trinajstić information content (AvgIpc) is 2.55. The summed E-state index contributed by atoms with van der Waals surface area (Å²) < 4.78 is 4.62. The maximum absolute atomic E-state index is 12.3. The first-order chi connectivity index (χ1) is 11.4. The van der Waals surface area contributed by atoms with Crippen LogP contribution < -0.4 is 10.6 Å². The number of rotatable bonds is 5. The molecule has 1 aliphatic heterocycles. The molecule has 1 aliphatic rings. The average molecular weight is 354 g/mol. The third-order valence-corrected chi connectivity index (χ3v) is 4.33. The van der Waals surface area contributed by atoms with Crippen molar-refractivity contribution in [2.75, 3.05) is 32.1 Å². The highest BCUT2D eigenvalue weighted by molar-refractivity contribution is 6.31. The Hall–Kier alpha value is -2.12. The van der Waals surface area contributed by atoms with Gasteiger partial charge in [0.05, 0.1) is 20.1 Å². The van der Waals surface area contributed by atoms with Gasteiger partial charge in [0.15, 0.2) is 0 Å². The van der Waals surface area contributed by atoms with Gasteiger partial charge in [0.25, 0.3) is 0 Å². The van der Waals surface area contributed by atoms with E-state index in [0.29, 0.717) is 23.8 Å². The van der Waals surface area contributed by atoms with Crippen LogP contribution in [0.2, 0.25) is 5.02 Å². The number of anilines is 1.